The first-order valence-corrected chi connectivity index (χ1v) is 8.48. The highest BCUT2D eigenvalue weighted by Gasteiger charge is 2.37. The molecule has 1 fully saturated rings. The van der Waals surface area contributed by atoms with Crippen LogP contribution in [0, 0.1) is 12.7 Å². The summed E-state index contributed by atoms with van der Waals surface area (Å²) in [6.07, 6.45) is 1.63. The number of carbonyl (C=O) groups is 1. The van der Waals surface area contributed by atoms with Crippen LogP contribution < -0.4 is 0 Å². The quantitative estimate of drug-likeness (QED) is 0.910. The van der Waals surface area contributed by atoms with E-state index in [0.29, 0.717) is 17.7 Å². The molecule has 0 aliphatic carbocycles. The number of hydrogen-bond donors (Lipinski definition) is 1. The Labute approximate surface area is 147 Å². The fraction of sp³-hybridized carbons (Fsp3) is 0.474. The lowest BCUT2D eigenvalue weighted by molar-refractivity contribution is 0.0715. The molecule has 3 rings (SSSR count). The van der Waals surface area contributed by atoms with E-state index in [1.54, 1.807) is 27.9 Å². The molecule has 134 valence electrons. The van der Waals surface area contributed by atoms with Crippen molar-refractivity contribution in [1.29, 1.82) is 0 Å². The second-order valence-corrected chi connectivity index (χ2v) is 7.66. The van der Waals surface area contributed by atoms with Crippen LogP contribution in [0.5, 0.6) is 0 Å². The van der Waals surface area contributed by atoms with Crippen molar-refractivity contribution in [1.82, 2.24) is 14.7 Å². The first-order chi connectivity index (χ1) is 11.7. The van der Waals surface area contributed by atoms with E-state index in [1.807, 2.05) is 27.7 Å². The van der Waals surface area contributed by atoms with E-state index in [-0.39, 0.29) is 29.8 Å². The first kappa shape index (κ1) is 17.6. The van der Waals surface area contributed by atoms with Gasteiger partial charge < -0.3 is 10.0 Å². The standard InChI is InChI=1S/C19H24FN3O2/c1-12-16(11-23(21-12)19(2,3)4)18(25)22-10-15(24)9-17(22)13-5-7-14(20)8-6-13/h5-8,11,15,17,24H,9-10H2,1-4H3/t15-,17-/m0/s1. The maximum Gasteiger partial charge on any atom is 0.257 e. The summed E-state index contributed by atoms with van der Waals surface area (Å²) in [6, 6.07) is 5.84. The first-order valence-electron chi connectivity index (χ1n) is 8.48. The van der Waals surface area contributed by atoms with Crippen LogP contribution in [0.3, 0.4) is 0 Å². The van der Waals surface area contributed by atoms with Gasteiger partial charge in [0.1, 0.15) is 5.82 Å². The zero-order valence-corrected chi connectivity index (χ0v) is 15.0. The largest absolute Gasteiger partial charge is 0.391 e. The van der Waals surface area contributed by atoms with Crippen LogP contribution in [0.15, 0.2) is 30.5 Å². The number of aryl methyl sites for hydroxylation is 1. The van der Waals surface area contributed by atoms with Gasteiger partial charge in [-0.25, -0.2) is 4.39 Å². The number of hydrogen-bond acceptors (Lipinski definition) is 3. The predicted octanol–water partition coefficient (Wildman–Crippen LogP) is 3.03. The normalized spacial score (nSPS) is 21.0. The average Bonchev–Trinajstić information content (AvgIpc) is 3.10. The van der Waals surface area contributed by atoms with Crippen LogP contribution in [0.4, 0.5) is 4.39 Å². The number of benzene rings is 1. The summed E-state index contributed by atoms with van der Waals surface area (Å²) < 4.78 is 15.0. The molecule has 1 aromatic carbocycles. The zero-order chi connectivity index (χ0) is 18.4. The second-order valence-electron chi connectivity index (χ2n) is 7.66. The van der Waals surface area contributed by atoms with Gasteiger partial charge in [-0.1, -0.05) is 12.1 Å². The van der Waals surface area contributed by atoms with Crippen molar-refractivity contribution in [2.24, 2.45) is 0 Å². The van der Waals surface area contributed by atoms with E-state index in [2.05, 4.69) is 5.10 Å². The molecule has 0 radical (unpaired) electrons. The van der Waals surface area contributed by atoms with Gasteiger partial charge in [-0.2, -0.15) is 5.10 Å². The van der Waals surface area contributed by atoms with Crippen LogP contribution >= 0.6 is 0 Å². The van der Waals surface area contributed by atoms with E-state index in [9.17, 15) is 14.3 Å². The number of amides is 1. The number of nitrogens with zero attached hydrogens (tertiary/aromatic N) is 3. The van der Waals surface area contributed by atoms with Gasteiger partial charge in [-0.15, -0.1) is 0 Å². The van der Waals surface area contributed by atoms with Gasteiger partial charge >= 0.3 is 0 Å². The number of halogens is 1. The minimum absolute atomic E-state index is 0.154. The Morgan fingerprint density at radius 2 is 1.92 bits per heavy atom. The highest BCUT2D eigenvalue weighted by molar-refractivity contribution is 5.95. The molecular formula is C19H24FN3O2. The molecule has 1 aliphatic rings. The third-order valence-corrected chi connectivity index (χ3v) is 4.61. The van der Waals surface area contributed by atoms with Gasteiger partial charge in [0.15, 0.2) is 0 Å². The molecule has 1 N–H and O–H groups in total. The van der Waals surface area contributed by atoms with Crippen molar-refractivity contribution in [2.75, 3.05) is 6.54 Å². The molecule has 1 aromatic heterocycles. The van der Waals surface area contributed by atoms with Crippen molar-refractivity contribution in [3.63, 3.8) is 0 Å². The molecule has 0 bridgehead atoms. The lowest BCUT2D eigenvalue weighted by Gasteiger charge is -2.24. The Morgan fingerprint density at radius 3 is 2.48 bits per heavy atom. The van der Waals surface area contributed by atoms with Crippen LogP contribution in [0.25, 0.3) is 0 Å². The number of β-amino-alcohol motifs (C(OH)–C–C–N with tert-alkyl or cyclic N) is 1. The van der Waals surface area contributed by atoms with Gasteiger partial charge in [0.2, 0.25) is 0 Å². The Morgan fingerprint density at radius 1 is 1.28 bits per heavy atom. The van der Waals surface area contributed by atoms with Gasteiger partial charge in [-0.05, 0) is 51.8 Å². The fourth-order valence-electron chi connectivity index (χ4n) is 3.21. The van der Waals surface area contributed by atoms with Gasteiger partial charge in [0.05, 0.1) is 28.9 Å². The van der Waals surface area contributed by atoms with E-state index in [0.717, 1.165) is 5.56 Å². The number of rotatable bonds is 2. The number of carbonyl (C=O) groups excluding carboxylic acids is 1. The Bertz CT molecular complexity index is 777. The van der Waals surface area contributed by atoms with Crippen molar-refractivity contribution in [3.05, 3.63) is 53.1 Å². The third-order valence-electron chi connectivity index (χ3n) is 4.61. The highest BCUT2D eigenvalue weighted by Crippen LogP contribution is 2.34. The molecule has 0 saturated carbocycles. The number of aromatic nitrogens is 2. The molecule has 25 heavy (non-hydrogen) atoms. The van der Waals surface area contributed by atoms with Gasteiger partial charge in [0.25, 0.3) is 5.91 Å². The predicted molar refractivity (Wildman–Crippen MR) is 92.8 cm³/mol. The highest BCUT2D eigenvalue weighted by atomic mass is 19.1. The van der Waals surface area contributed by atoms with Crippen molar-refractivity contribution in [2.45, 2.75) is 51.8 Å². The summed E-state index contributed by atoms with van der Waals surface area (Å²) in [5, 5.41) is 14.6. The molecule has 6 heteroatoms. The lowest BCUT2D eigenvalue weighted by atomic mass is 10.0. The van der Waals surface area contributed by atoms with E-state index < -0.39 is 6.10 Å². The van der Waals surface area contributed by atoms with Gasteiger partial charge in [-0.3, -0.25) is 9.48 Å². The zero-order valence-electron chi connectivity index (χ0n) is 15.0. The summed E-state index contributed by atoms with van der Waals surface area (Å²) in [6.45, 7) is 8.15. The van der Waals surface area contributed by atoms with E-state index in [4.69, 9.17) is 0 Å². The van der Waals surface area contributed by atoms with Crippen LogP contribution in [-0.2, 0) is 5.54 Å². The summed E-state index contributed by atoms with van der Waals surface area (Å²) in [4.78, 5) is 14.8. The second kappa shape index (κ2) is 6.26. The topological polar surface area (TPSA) is 58.4 Å². The van der Waals surface area contributed by atoms with E-state index in [1.165, 1.54) is 12.1 Å². The van der Waals surface area contributed by atoms with E-state index >= 15 is 0 Å². The molecule has 1 aliphatic heterocycles. The fourth-order valence-corrected chi connectivity index (χ4v) is 3.21. The third kappa shape index (κ3) is 3.44. The monoisotopic (exact) mass is 345 g/mol. The van der Waals surface area contributed by atoms with Crippen molar-refractivity contribution in [3.8, 4) is 0 Å². The number of likely N-dealkylation sites (tertiary alicyclic amines) is 1. The molecule has 0 unspecified atom stereocenters. The Hall–Kier alpha value is -2.21. The molecular weight excluding hydrogens is 321 g/mol. The maximum absolute atomic E-state index is 13.2. The Kier molecular flexibility index (Phi) is 4.41. The molecule has 2 atom stereocenters. The summed E-state index contributed by atoms with van der Waals surface area (Å²) in [5.41, 5.74) is 1.81. The van der Waals surface area contributed by atoms with Gasteiger partial charge in [0, 0.05) is 12.7 Å². The number of aliphatic hydroxyl groups excluding tert-OH is 1. The minimum atomic E-state index is -0.586. The molecule has 1 amide bonds. The van der Waals surface area contributed by atoms with Crippen LogP contribution in [0.2, 0.25) is 0 Å². The molecule has 1 saturated heterocycles. The molecule has 0 spiro atoms. The SMILES string of the molecule is Cc1nn(C(C)(C)C)cc1C(=O)N1C[C@@H](O)C[C@H]1c1ccc(F)cc1. The minimum Gasteiger partial charge on any atom is -0.391 e. The summed E-state index contributed by atoms with van der Waals surface area (Å²) in [5.74, 6) is -0.471. The number of aliphatic hydroxyl groups is 1. The maximum atomic E-state index is 13.2. The smallest absolute Gasteiger partial charge is 0.257 e. The average molecular weight is 345 g/mol. The lowest BCUT2D eigenvalue weighted by Crippen LogP contribution is -2.32. The summed E-state index contributed by atoms with van der Waals surface area (Å²) >= 11 is 0. The van der Waals surface area contributed by atoms with Crippen LogP contribution in [0.1, 0.15) is 54.8 Å². The molecule has 2 aromatic rings. The van der Waals surface area contributed by atoms with Crippen molar-refractivity contribution < 1.29 is 14.3 Å². The molecule has 2 heterocycles. The Balaban J connectivity index is 1.92. The van der Waals surface area contributed by atoms with Crippen molar-refractivity contribution >= 4 is 5.91 Å². The summed E-state index contributed by atoms with van der Waals surface area (Å²) in [7, 11) is 0. The molecule has 5 nitrogen and oxygen atoms in total. The van der Waals surface area contributed by atoms with Crippen LogP contribution in [-0.4, -0.2) is 38.3 Å².